The van der Waals surface area contributed by atoms with E-state index in [2.05, 4.69) is 24.2 Å². The van der Waals surface area contributed by atoms with Gasteiger partial charge >= 0.3 is 0 Å². The van der Waals surface area contributed by atoms with Crippen molar-refractivity contribution in [2.75, 3.05) is 26.7 Å². The van der Waals surface area contributed by atoms with Gasteiger partial charge in [0.05, 0.1) is 0 Å². The molecule has 1 aliphatic heterocycles. The van der Waals surface area contributed by atoms with Gasteiger partial charge in [0, 0.05) is 12.6 Å². The minimum absolute atomic E-state index is 0.866. The quantitative estimate of drug-likeness (QED) is 0.808. The molecule has 0 bridgehead atoms. The van der Waals surface area contributed by atoms with Crippen molar-refractivity contribution in [2.24, 2.45) is 11.8 Å². The highest BCUT2D eigenvalue weighted by Gasteiger charge is 2.26. The predicted octanol–water partition coefficient (Wildman–Crippen LogP) is 3.28. The summed E-state index contributed by atoms with van der Waals surface area (Å²) in [6, 6.07) is 0.866. The zero-order chi connectivity index (χ0) is 12.8. The Kier molecular flexibility index (Phi) is 5.97. The van der Waals surface area contributed by atoms with E-state index < -0.39 is 0 Å². The van der Waals surface area contributed by atoms with Crippen LogP contribution in [0.4, 0.5) is 0 Å². The molecule has 0 amide bonds. The Labute approximate surface area is 114 Å². The van der Waals surface area contributed by atoms with Crippen molar-refractivity contribution in [2.45, 2.75) is 64.3 Å². The molecular weight excluding hydrogens is 220 g/mol. The number of nitrogens with one attached hydrogen (secondary N) is 1. The van der Waals surface area contributed by atoms with Gasteiger partial charge in [0.15, 0.2) is 0 Å². The summed E-state index contributed by atoms with van der Waals surface area (Å²) in [6.07, 6.45) is 11.6. The lowest BCUT2D eigenvalue weighted by molar-refractivity contribution is 0.102. The second kappa shape index (κ2) is 7.49. The Morgan fingerprint density at radius 3 is 2.56 bits per heavy atom. The van der Waals surface area contributed by atoms with E-state index in [1.54, 1.807) is 0 Å². The summed E-state index contributed by atoms with van der Waals surface area (Å²) in [7, 11) is 2.08. The van der Waals surface area contributed by atoms with Crippen molar-refractivity contribution in [1.29, 1.82) is 0 Å². The maximum atomic E-state index is 3.32. The van der Waals surface area contributed by atoms with E-state index in [-0.39, 0.29) is 0 Å². The summed E-state index contributed by atoms with van der Waals surface area (Å²) in [5, 5.41) is 3.32. The largest absolute Gasteiger partial charge is 0.320 e. The number of hydrogen-bond acceptors (Lipinski definition) is 2. The average molecular weight is 252 g/mol. The Hall–Kier alpha value is -0.0800. The van der Waals surface area contributed by atoms with E-state index in [1.807, 2.05) is 0 Å². The van der Waals surface area contributed by atoms with Crippen LogP contribution >= 0.6 is 0 Å². The maximum absolute atomic E-state index is 3.32. The second-order valence-electron chi connectivity index (χ2n) is 6.66. The third-order valence-corrected chi connectivity index (χ3v) is 5.10. The highest BCUT2D eigenvalue weighted by Crippen LogP contribution is 2.30. The molecule has 1 heterocycles. The molecule has 0 aromatic heterocycles. The summed E-state index contributed by atoms with van der Waals surface area (Å²) in [5.41, 5.74) is 0. The first-order valence-electron chi connectivity index (χ1n) is 8.18. The second-order valence-corrected chi connectivity index (χ2v) is 6.66. The molecule has 1 unspecified atom stereocenters. The van der Waals surface area contributed by atoms with Crippen LogP contribution in [0.5, 0.6) is 0 Å². The first-order chi connectivity index (χ1) is 8.79. The van der Waals surface area contributed by atoms with Crippen LogP contribution in [0.3, 0.4) is 0 Å². The van der Waals surface area contributed by atoms with Crippen molar-refractivity contribution in [3.63, 3.8) is 0 Å². The molecular formula is C16H32N2. The third kappa shape index (κ3) is 4.24. The van der Waals surface area contributed by atoms with Gasteiger partial charge < -0.3 is 10.2 Å². The summed E-state index contributed by atoms with van der Waals surface area (Å²) >= 11 is 0. The van der Waals surface area contributed by atoms with Crippen molar-refractivity contribution < 1.29 is 0 Å². The first kappa shape index (κ1) is 14.3. The van der Waals surface area contributed by atoms with Gasteiger partial charge in [0.2, 0.25) is 0 Å². The van der Waals surface area contributed by atoms with Gasteiger partial charge in [0.1, 0.15) is 0 Å². The molecule has 2 fully saturated rings. The highest BCUT2D eigenvalue weighted by atomic mass is 15.2. The monoisotopic (exact) mass is 252 g/mol. The van der Waals surface area contributed by atoms with Crippen molar-refractivity contribution in [3.05, 3.63) is 0 Å². The van der Waals surface area contributed by atoms with Gasteiger partial charge in [-0.05, 0) is 64.1 Å². The highest BCUT2D eigenvalue weighted by molar-refractivity contribution is 4.81. The van der Waals surface area contributed by atoms with E-state index in [9.17, 15) is 0 Å². The normalized spacial score (nSPS) is 34.7. The molecule has 0 radical (unpaired) electrons. The van der Waals surface area contributed by atoms with Crippen molar-refractivity contribution >= 4 is 0 Å². The van der Waals surface area contributed by atoms with Crippen LogP contribution < -0.4 is 5.32 Å². The van der Waals surface area contributed by atoms with Crippen LogP contribution in [0.1, 0.15) is 58.3 Å². The molecule has 1 atom stereocenters. The van der Waals surface area contributed by atoms with Crippen LogP contribution in [0.15, 0.2) is 0 Å². The zero-order valence-electron chi connectivity index (χ0n) is 12.5. The first-order valence-corrected chi connectivity index (χ1v) is 8.18. The van der Waals surface area contributed by atoms with E-state index >= 15 is 0 Å². The molecule has 2 rings (SSSR count). The number of likely N-dealkylation sites (tertiary alicyclic amines) is 1. The Bertz CT molecular complexity index is 221. The molecule has 1 N–H and O–H groups in total. The molecule has 2 heteroatoms. The predicted molar refractivity (Wildman–Crippen MR) is 78.9 cm³/mol. The SMILES string of the molecule is CNCCC1CCCCN1CC1CCC(C)CC1. The van der Waals surface area contributed by atoms with Crippen LogP contribution in [0.2, 0.25) is 0 Å². The van der Waals surface area contributed by atoms with E-state index in [1.165, 1.54) is 71.0 Å². The molecule has 0 aromatic carbocycles. The minimum Gasteiger partial charge on any atom is -0.320 e. The van der Waals surface area contributed by atoms with Gasteiger partial charge in [-0.15, -0.1) is 0 Å². The lowest BCUT2D eigenvalue weighted by atomic mass is 9.82. The van der Waals surface area contributed by atoms with Gasteiger partial charge in [-0.1, -0.05) is 26.2 Å². The lowest BCUT2D eigenvalue weighted by Gasteiger charge is -2.39. The molecule has 0 spiro atoms. The number of piperidine rings is 1. The molecule has 18 heavy (non-hydrogen) atoms. The Balaban J connectivity index is 1.77. The molecule has 2 aliphatic rings. The van der Waals surface area contributed by atoms with E-state index in [4.69, 9.17) is 0 Å². The summed E-state index contributed by atoms with van der Waals surface area (Å²) in [5.74, 6) is 1.99. The Morgan fingerprint density at radius 1 is 1.06 bits per heavy atom. The molecule has 1 saturated heterocycles. The fraction of sp³-hybridized carbons (Fsp3) is 1.00. The van der Waals surface area contributed by atoms with Gasteiger partial charge in [-0.25, -0.2) is 0 Å². The number of nitrogens with zero attached hydrogens (tertiary/aromatic N) is 1. The number of rotatable bonds is 5. The molecule has 1 aliphatic carbocycles. The van der Waals surface area contributed by atoms with Crippen molar-refractivity contribution in [3.8, 4) is 0 Å². The minimum atomic E-state index is 0.866. The fourth-order valence-corrected chi connectivity index (χ4v) is 3.78. The van der Waals surface area contributed by atoms with Gasteiger partial charge in [-0.2, -0.15) is 0 Å². The molecule has 1 saturated carbocycles. The van der Waals surface area contributed by atoms with Gasteiger partial charge in [0.25, 0.3) is 0 Å². The van der Waals surface area contributed by atoms with E-state index in [0.717, 1.165) is 17.9 Å². The molecule has 106 valence electrons. The van der Waals surface area contributed by atoms with E-state index in [0.29, 0.717) is 0 Å². The standard InChI is InChI=1S/C16H32N2/c1-14-6-8-15(9-7-14)13-18-12-4-3-5-16(18)10-11-17-2/h14-17H,3-13H2,1-2H3. The third-order valence-electron chi connectivity index (χ3n) is 5.10. The topological polar surface area (TPSA) is 15.3 Å². The summed E-state index contributed by atoms with van der Waals surface area (Å²) in [6.45, 7) is 6.36. The summed E-state index contributed by atoms with van der Waals surface area (Å²) in [4.78, 5) is 2.82. The van der Waals surface area contributed by atoms with Crippen LogP contribution in [-0.4, -0.2) is 37.6 Å². The number of hydrogen-bond donors (Lipinski definition) is 1. The fourth-order valence-electron chi connectivity index (χ4n) is 3.78. The molecule has 2 nitrogen and oxygen atoms in total. The maximum Gasteiger partial charge on any atom is 0.0107 e. The smallest absolute Gasteiger partial charge is 0.0107 e. The van der Waals surface area contributed by atoms with Crippen LogP contribution in [-0.2, 0) is 0 Å². The molecule has 0 aromatic rings. The average Bonchev–Trinajstić information content (AvgIpc) is 2.40. The van der Waals surface area contributed by atoms with Gasteiger partial charge in [-0.3, -0.25) is 0 Å². The Morgan fingerprint density at radius 2 is 1.83 bits per heavy atom. The van der Waals surface area contributed by atoms with Crippen LogP contribution in [0, 0.1) is 11.8 Å². The lowest BCUT2D eigenvalue weighted by Crippen LogP contribution is -2.43. The summed E-state index contributed by atoms with van der Waals surface area (Å²) < 4.78 is 0. The van der Waals surface area contributed by atoms with Crippen molar-refractivity contribution in [1.82, 2.24) is 10.2 Å². The zero-order valence-corrected chi connectivity index (χ0v) is 12.5. The van der Waals surface area contributed by atoms with Crippen LogP contribution in [0.25, 0.3) is 0 Å².